The van der Waals surface area contributed by atoms with Gasteiger partial charge in [-0.1, -0.05) is 30.3 Å². The number of likely N-dealkylation sites (N-methyl/N-ethyl adjacent to an activating group) is 1. The highest BCUT2D eigenvalue weighted by molar-refractivity contribution is 9.10. The van der Waals surface area contributed by atoms with Crippen molar-refractivity contribution >= 4 is 15.9 Å². The molecular weight excluding hydrogens is 330 g/mol. The summed E-state index contributed by atoms with van der Waals surface area (Å²) >= 11 is 3.63. The lowest BCUT2D eigenvalue weighted by Gasteiger charge is -2.26. The summed E-state index contributed by atoms with van der Waals surface area (Å²) in [6.45, 7) is 2.01. The number of halogens is 1. The maximum Gasteiger partial charge on any atom is 0.0977 e. The fourth-order valence-corrected chi connectivity index (χ4v) is 3.14. The largest absolute Gasteiger partial charge is 0.375 e. The van der Waals surface area contributed by atoms with E-state index in [2.05, 4.69) is 38.5 Å². The van der Waals surface area contributed by atoms with E-state index in [-0.39, 0.29) is 12.1 Å². The van der Waals surface area contributed by atoms with Gasteiger partial charge in [-0.3, -0.25) is 4.68 Å². The first-order valence-corrected chi connectivity index (χ1v) is 7.80. The van der Waals surface area contributed by atoms with Crippen LogP contribution in [0.1, 0.15) is 23.1 Å². The quantitative estimate of drug-likeness (QED) is 0.869. The number of methoxy groups -OCH3 is 1. The zero-order chi connectivity index (χ0) is 15.4. The van der Waals surface area contributed by atoms with Crippen LogP contribution < -0.4 is 5.32 Å². The van der Waals surface area contributed by atoms with E-state index in [4.69, 9.17) is 4.74 Å². The van der Waals surface area contributed by atoms with Gasteiger partial charge < -0.3 is 10.1 Å². The van der Waals surface area contributed by atoms with Gasteiger partial charge in [-0.15, -0.1) is 0 Å². The standard InChI is InChI=1S/C16H22BrN3O/c1-11-15(17)14(20(3)19-11)10-13(18-2)16(21-4)12-8-6-5-7-9-12/h5-9,13,16,18H,10H2,1-4H3. The van der Waals surface area contributed by atoms with Crippen molar-refractivity contribution in [2.24, 2.45) is 7.05 Å². The van der Waals surface area contributed by atoms with Crippen LogP contribution in [-0.4, -0.2) is 30.0 Å². The van der Waals surface area contributed by atoms with Crippen LogP contribution in [0, 0.1) is 6.92 Å². The summed E-state index contributed by atoms with van der Waals surface area (Å²) < 4.78 is 8.75. The maximum atomic E-state index is 5.74. The summed E-state index contributed by atoms with van der Waals surface area (Å²) in [5.41, 5.74) is 3.36. The number of aromatic nitrogens is 2. The van der Waals surface area contributed by atoms with Gasteiger partial charge >= 0.3 is 0 Å². The third kappa shape index (κ3) is 3.54. The molecule has 2 unspecified atom stereocenters. The molecule has 0 fully saturated rings. The van der Waals surface area contributed by atoms with E-state index in [1.807, 2.05) is 43.9 Å². The predicted octanol–water partition coefficient (Wildman–Crippen LogP) is 3.01. The number of hydrogen-bond donors (Lipinski definition) is 1. The Morgan fingerprint density at radius 1 is 1.33 bits per heavy atom. The van der Waals surface area contributed by atoms with Crippen LogP contribution in [0.3, 0.4) is 0 Å². The minimum atomic E-state index is -0.00157. The molecule has 0 radical (unpaired) electrons. The molecule has 1 aromatic heterocycles. The van der Waals surface area contributed by atoms with Crippen molar-refractivity contribution in [3.8, 4) is 0 Å². The van der Waals surface area contributed by atoms with Gasteiger partial charge in [0.2, 0.25) is 0 Å². The highest BCUT2D eigenvalue weighted by atomic mass is 79.9. The lowest BCUT2D eigenvalue weighted by molar-refractivity contribution is 0.0697. The van der Waals surface area contributed by atoms with E-state index in [1.54, 1.807) is 7.11 Å². The topological polar surface area (TPSA) is 39.1 Å². The average molecular weight is 352 g/mol. The van der Waals surface area contributed by atoms with Gasteiger partial charge in [-0.2, -0.15) is 5.10 Å². The molecule has 0 aliphatic rings. The first-order chi connectivity index (χ1) is 10.1. The van der Waals surface area contributed by atoms with Gasteiger partial charge in [0, 0.05) is 26.6 Å². The monoisotopic (exact) mass is 351 g/mol. The second-order valence-corrected chi connectivity index (χ2v) is 5.93. The van der Waals surface area contributed by atoms with Crippen LogP contribution in [0.15, 0.2) is 34.8 Å². The molecule has 0 spiro atoms. The van der Waals surface area contributed by atoms with Crippen molar-refractivity contribution in [2.45, 2.75) is 25.5 Å². The van der Waals surface area contributed by atoms with Crippen LogP contribution in [0.25, 0.3) is 0 Å². The van der Waals surface area contributed by atoms with Gasteiger partial charge in [0.25, 0.3) is 0 Å². The molecule has 0 saturated carbocycles. The summed E-state index contributed by atoms with van der Waals surface area (Å²) in [6.07, 6.45) is 0.834. The predicted molar refractivity (Wildman–Crippen MR) is 88.4 cm³/mol. The Balaban J connectivity index is 2.26. The third-order valence-corrected chi connectivity index (χ3v) is 4.82. The smallest absolute Gasteiger partial charge is 0.0977 e. The van der Waals surface area contributed by atoms with Crippen LogP contribution in [-0.2, 0) is 18.2 Å². The van der Waals surface area contributed by atoms with Crippen molar-refractivity contribution in [2.75, 3.05) is 14.2 Å². The molecule has 1 heterocycles. The van der Waals surface area contributed by atoms with Crippen molar-refractivity contribution in [1.82, 2.24) is 15.1 Å². The molecular formula is C16H22BrN3O. The number of nitrogens with zero attached hydrogens (tertiary/aromatic N) is 2. The number of benzene rings is 1. The van der Waals surface area contributed by atoms with Gasteiger partial charge in [-0.25, -0.2) is 0 Å². The van der Waals surface area contributed by atoms with E-state index in [0.29, 0.717) is 0 Å². The summed E-state index contributed by atoms with van der Waals surface area (Å²) in [5, 5.41) is 7.83. The molecule has 5 heteroatoms. The molecule has 0 aliphatic carbocycles. The van der Waals surface area contributed by atoms with Gasteiger partial charge in [0.05, 0.1) is 22.0 Å². The normalized spacial score (nSPS) is 14.1. The Bertz CT molecular complexity index is 583. The Kier molecular flexibility index (Phi) is 5.56. The lowest BCUT2D eigenvalue weighted by atomic mass is 9.98. The van der Waals surface area contributed by atoms with E-state index in [1.165, 1.54) is 11.3 Å². The number of aryl methyl sites for hydroxylation is 2. The van der Waals surface area contributed by atoms with Crippen LogP contribution in [0.4, 0.5) is 0 Å². The molecule has 4 nitrogen and oxygen atoms in total. The molecule has 0 bridgehead atoms. The fraction of sp³-hybridized carbons (Fsp3) is 0.438. The zero-order valence-electron chi connectivity index (χ0n) is 12.9. The molecule has 114 valence electrons. The van der Waals surface area contributed by atoms with Crippen molar-refractivity contribution in [3.63, 3.8) is 0 Å². The Hall–Kier alpha value is -1.17. The summed E-state index contributed by atoms with van der Waals surface area (Å²) in [7, 11) is 5.70. The minimum absolute atomic E-state index is 0.00157. The molecule has 1 N–H and O–H groups in total. The minimum Gasteiger partial charge on any atom is -0.375 e. The van der Waals surface area contributed by atoms with E-state index < -0.39 is 0 Å². The van der Waals surface area contributed by atoms with Crippen molar-refractivity contribution in [1.29, 1.82) is 0 Å². The third-order valence-electron chi connectivity index (χ3n) is 3.79. The lowest BCUT2D eigenvalue weighted by Crippen LogP contribution is -2.35. The Morgan fingerprint density at radius 3 is 2.48 bits per heavy atom. The maximum absolute atomic E-state index is 5.74. The van der Waals surface area contributed by atoms with Crippen LogP contribution >= 0.6 is 15.9 Å². The number of rotatable bonds is 6. The molecule has 2 atom stereocenters. The molecule has 0 amide bonds. The molecule has 0 saturated heterocycles. The van der Waals surface area contributed by atoms with Crippen molar-refractivity contribution in [3.05, 3.63) is 51.8 Å². The highest BCUT2D eigenvalue weighted by Gasteiger charge is 2.24. The number of ether oxygens (including phenoxy) is 1. The van der Waals surface area contributed by atoms with Crippen LogP contribution in [0.5, 0.6) is 0 Å². The molecule has 1 aromatic carbocycles. The molecule has 2 aromatic rings. The molecule has 21 heavy (non-hydrogen) atoms. The van der Waals surface area contributed by atoms with E-state index >= 15 is 0 Å². The van der Waals surface area contributed by atoms with Gasteiger partial charge in [0.15, 0.2) is 0 Å². The zero-order valence-corrected chi connectivity index (χ0v) is 14.5. The first kappa shape index (κ1) is 16.2. The first-order valence-electron chi connectivity index (χ1n) is 7.01. The fourth-order valence-electron chi connectivity index (χ4n) is 2.65. The average Bonchev–Trinajstić information content (AvgIpc) is 2.74. The highest BCUT2D eigenvalue weighted by Crippen LogP contribution is 2.27. The second-order valence-electron chi connectivity index (χ2n) is 5.14. The van der Waals surface area contributed by atoms with Gasteiger partial charge in [-0.05, 0) is 35.5 Å². The van der Waals surface area contributed by atoms with E-state index in [0.717, 1.165) is 16.6 Å². The summed E-state index contributed by atoms with van der Waals surface area (Å²) in [6, 6.07) is 10.5. The van der Waals surface area contributed by atoms with E-state index in [9.17, 15) is 0 Å². The Morgan fingerprint density at radius 2 is 2.00 bits per heavy atom. The summed E-state index contributed by atoms with van der Waals surface area (Å²) in [4.78, 5) is 0. The number of nitrogens with one attached hydrogen (secondary N) is 1. The van der Waals surface area contributed by atoms with Gasteiger partial charge in [0.1, 0.15) is 0 Å². The molecule has 2 rings (SSSR count). The van der Waals surface area contributed by atoms with Crippen molar-refractivity contribution < 1.29 is 4.74 Å². The molecule has 0 aliphatic heterocycles. The number of hydrogen-bond acceptors (Lipinski definition) is 3. The second kappa shape index (κ2) is 7.20. The van der Waals surface area contributed by atoms with Crippen LogP contribution in [0.2, 0.25) is 0 Å². The summed E-state index contributed by atoms with van der Waals surface area (Å²) in [5.74, 6) is 0. The SMILES string of the molecule is CNC(Cc1c(Br)c(C)nn1C)C(OC)c1ccccc1. The Labute approximate surface area is 134 Å².